The summed E-state index contributed by atoms with van der Waals surface area (Å²) in [5.74, 6) is -0.0117. The maximum absolute atomic E-state index is 13.0. The quantitative estimate of drug-likeness (QED) is 0.781. The van der Waals surface area contributed by atoms with Gasteiger partial charge in [0, 0.05) is 19.3 Å². The number of amides is 1. The molecular weight excluding hydrogens is 382 g/mol. The topological polar surface area (TPSA) is 112 Å². The number of primary sulfonamides is 1. The zero-order valence-corrected chi connectivity index (χ0v) is 16.4. The molecule has 9 heteroatoms. The van der Waals surface area contributed by atoms with Crippen LogP contribution in [0.4, 0.5) is 0 Å². The Morgan fingerprint density at radius 2 is 2.14 bits per heavy atom. The monoisotopic (exact) mass is 405 g/mol. The number of rotatable bonds is 6. The average Bonchev–Trinajstić information content (AvgIpc) is 2.71. The molecule has 2 aromatic rings. The first kappa shape index (κ1) is 20.2. The molecule has 0 saturated carbocycles. The summed E-state index contributed by atoms with van der Waals surface area (Å²) >= 11 is 0. The fourth-order valence-electron chi connectivity index (χ4n) is 3.15. The van der Waals surface area contributed by atoms with Crippen LogP contribution in [0, 0.1) is 0 Å². The minimum absolute atomic E-state index is 0.118. The van der Waals surface area contributed by atoms with E-state index in [2.05, 4.69) is 4.98 Å². The Balaban J connectivity index is 1.73. The van der Waals surface area contributed by atoms with Crippen LogP contribution in [0.25, 0.3) is 0 Å². The number of carbonyl (C=O) groups excluding carboxylic acids is 1. The third-order valence-electron chi connectivity index (χ3n) is 4.59. The number of pyridine rings is 1. The van der Waals surface area contributed by atoms with Crippen LogP contribution in [0.15, 0.2) is 47.5 Å². The summed E-state index contributed by atoms with van der Waals surface area (Å²) < 4.78 is 34.4. The molecule has 1 atom stereocenters. The number of likely N-dealkylation sites (tertiary alicyclic amines) is 1. The van der Waals surface area contributed by atoms with E-state index >= 15 is 0 Å². The van der Waals surface area contributed by atoms with Crippen molar-refractivity contribution in [3.05, 3.63) is 53.9 Å². The fourth-order valence-corrected chi connectivity index (χ4v) is 3.69. The van der Waals surface area contributed by atoms with Gasteiger partial charge in [-0.15, -0.1) is 0 Å². The van der Waals surface area contributed by atoms with Crippen LogP contribution in [0.2, 0.25) is 0 Å². The molecule has 28 heavy (non-hydrogen) atoms. The number of hydrogen-bond donors (Lipinski definition) is 1. The lowest BCUT2D eigenvalue weighted by molar-refractivity contribution is -0.00793. The number of nitrogens with zero attached hydrogens (tertiary/aromatic N) is 2. The predicted octanol–water partition coefficient (Wildman–Crippen LogP) is 1.56. The van der Waals surface area contributed by atoms with Crippen LogP contribution < -0.4 is 9.88 Å². The first-order chi connectivity index (χ1) is 13.4. The molecule has 0 radical (unpaired) electrons. The zero-order chi connectivity index (χ0) is 20.1. The van der Waals surface area contributed by atoms with Crippen molar-refractivity contribution in [2.24, 2.45) is 5.14 Å². The van der Waals surface area contributed by atoms with Gasteiger partial charge in [0.2, 0.25) is 10.0 Å². The second kappa shape index (κ2) is 8.68. The van der Waals surface area contributed by atoms with Crippen LogP contribution in [0.5, 0.6) is 5.75 Å². The van der Waals surface area contributed by atoms with E-state index in [9.17, 15) is 13.2 Å². The van der Waals surface area contributed by atoms with Crippen molar-refractivity contribution in [1.82, 2.24) is 9.88 Å². The average molecular weight is 405 g/mol. The summed E-state index contributed by atoms with van der Waals surface area (Å²) in [6.07, 6.45) is 3.22. The summed E-state index contributed by atoms with van der Waals surface area (Å²) in [5.41, 5.74) is 0.993. The van der Waals surface area contributed by atoms with Crippen LogP contribution in [-0.4, -0.2) is 50.5 Å². The van der Waals surface area contributed by atoms with E-state index in [0.29, 0.717) is 25.4 Å². The summed E-state index contributed by atoms with van der Waals surface area (Å²) in [7, 11) is -2.49. The van der Waals surface area contributed by atoms with Crippen molar-refractivity contribution in [2.75, 3.05) is 20.2 Å². The van der Waals surface area contributed by atoms with E-state index in [-0.39, 0.29) is 22.5 Å². The zero-order valence-electron chi connectivity index (χ0n) is 15.6. The highest BCUT2D eigenvalue weighted by Crippen LogP contribution is 2.25. The van der Waals surface area contributed by atoms with E-state index in [1.165, 1.54) is 25.3 Å². The van der Waals surface area contributed by atoms with Gasteiger partial charge >= 0.3 is 0 Å². The van der Waals surface area contributed by atoms with Gasteiger partial charge in [-0.1, -0.05) is 6.07 Å². The Bertz CT molecular complexity index is 934. The van der Waals surface area contributed by atoms with E-state index in [0.717, 1.165) is 18.5 Å². The van der Waals surface area contributed by atoms with Gasteiger partial charge in [-0.05, 0) is 43.2 Å². The number of nitrogens with two attached hydrogens (primary N) is 1. The molecule has 1 fully saturated rings. The van der Waals surface area contributed by atoms with Gasteiger partial charge in [0.1, 0.15) is 5.75 Å². The number of methoxy groups -OCH3 is 1. The van der Waals surface area contributed by atoms with Gasteiger partial charge in [-0.3, -0.25) is 9.78 Å². The van der Waals surface area contributed by atoms with Crippen molar-refractivity contribution in [2.45, 2.75) is 30.4 Å². The Labute approximate surface area is 164 Å². The van der Waals surface area contributed by atoms with E-state index in [4.69, 9.17) is 14.6 Å². The van der Waals surface area contributed by atoms with Crippen molar-refractivity contribution < 1.29 is 22.7 Å². The number of benzene rings is 1. The molecule has 1 aliphatic rings. The lowest BCUT2D eigenvalue weighted by atomic mass is 10.1. The lowest BCUT2D eigenvalue weighted by Crippen LogP contribution is -2.43. The normalized spacial score (nSPS) is 17.4. The second-order valence-corrected chi connectivity index (χ2v) is 8.12. The minimum Gasteiger partial charge on any atom is -0.496 e. The third kappa shape index (κ3) is 4.86. The van der Waals surface area contributed by atoms with Gasteiger partial charge in [0.15, 0.2) is 0 Å². The Morgan fingerprint density at radius 3 is 2.82 bits per heavy atom. The Kier molecular flexibility index (Phi) is 6.28. The number of aromatic nitrogens is 1. The molecule has 2 N–H and O–H groups in total. The van der Waals surface area contributed by atoms with Crippen molar-refractivity contribution in [1.29, 1.82) is 0 Å². The number of ether oxygens (including phenoxy) is 2. The molecule has 0 aliphatic carbocycles. The van der Waals surface area contributed by atoms with E-state index in [1.54, 1.807) is 11.1 Å². The van der Waals surface area contributed by atoms with Crippen molar-refractivity contribution >= 4 is 15.9 Å². The van der Waals surface area contributed by atoms with Gasteiger partial charge in [-0.2, -0.15) is 0 Å². The number of hydrogen-bond acceptors (Lipinski definition) is 6. The molecule has 3 rings (SSSR count). The number of carbonyl (C=O) groups is 1. The SMILES string of the molecule is COc1ccc(S(N)(=O)=O)cc1C(=O)N1CCCC(OCc2ccccn2)C1. The molecule has 8 nitrogen and oxygen atoms in total. The van der Waals surface area contributed by atoms with Gasteiger partial charge in [0.05, 0.1) is 36.0 Å². The summed E-state index contributed by atoms with van der Waals surface area (Å²) in [6, 6.07) is 9.64. The fraction of sp³-hybridized carbons (Fsp3) is 0.368. The van der Waals surface area contributed by atoms with Gasteiger partial charge in [0.25, 0.3) is 5.91 Å². The van der Waals surface area contributed by atoms with E-state index in [1.807, 2.05) is 18.2 Å². The summed E-state index contributed by atoms with van der Waals surface area (Å²) in [6.45, 7) is 1.34. The predicted molar refractivity (Wildman–Crippen MR) is 102 cm³/mol. The minimum atomic E-state index is -3.92. The maximum atomic E-state index is 13.0. The first-order valence-corrected chi connectivity index (χ1v) is 10.4. The Morgan fingerprint density at radius 1 is 1.32 bits per heavy atom. The number of piperidine rings is 1. The maximum Gasteiger partial charge on any atom is 0.257 e. The van der Waals surface area contributed by atoms with Crippen molar-refractivity contribution in [3.63, 3.8) is 0 Å². The number of sulfonamides is 1. The summed E-state index contributed by atoms with van der Waals surface area (Å²) in [5, 5.41) is 5.19. The summed E-state index contributed by atoms with van der Waals surface area (Å²) in [4.78, 5) is 18.8. The molecule has 1 aromatic heterocycles. The molecule has 1 unspecified atom stereocenters. The molecule has 2 heterocycles. The molecular formula is C19H23N3O5S. The molecule has 1 amide bonds. The highest BCUT2D eigenvalue weighted by molar-refractivity contribution is 7.89. The molecule has 1 aliphatic heterocycles. The molecule has 150 valence electrons. The lowest BCUT2D eigenvalue weighted by Gasteiger charge is -2.33. The van der Waals surface area contributed by atoms with Crippen LogP contribution >= 0.6 is 0 Å². The smallest absolute Gasteiger partial charge is 0.257 e. The largest absolute Gasteiger partial charge is 0.496 e. The third-order valence-corrected chi connectivity index (χ3v) is 5.50. The molecule has 0 bridgehead atoms. The molecule has 1 aromatic carbocycles. The standard InChI is InChI=1S/C19H23N3O5S/c1-26-18-8-7-16(28(20,24)25)11-17(18)19(23)22-10-4-6-15(12-22)27-13-14-5-2-3-9-21-14/h2-3,5,7-9,11,15H,4,6,10,12-13H2,1H3,(H2,20,24,25). The van der Waals surface area contributed by atoms with Crippen molar-refractivity contribution in [3.8, 4) is 5.75 Å². The molecule has 1 saturated heterocycles. The second-order valence-electron chi connectivity index (χ2n) is 6.55. The Hall–Kier alpha value is -2.49. The van der Waals surface area contributed by atoms with E-state index < -0.39 is 10.0 Å². The van der Waals surface area contributed by atoms with Gasteiger partial charge < -0.3 is 14.4 Å². The van der Waals surface area contributed by atoms with Crippen LogP contribution in [-0.2, 0) is 21.4 Å². The van der Waals surface area contributed by atoms with Gasteiger partial charge in [-0.25, -0.2) is 13.6 Å². The van der Waals surface area contributed by atoms with Crippen LogP contribution in [0.1, 0.15) is 28.9 Å². The highest BCUT2D eigenvalue weighted by atomic mass is 32.2. The highest BCUT2D eigenvalue weighted by Gasteiger charge is 2.27. The first-order valence-electron chi connectivity index (χ1n) is 8.90. The van der Waals surface area contributed by atoms with Crippen LogP contribution in [0.3, 0.4) is 0 Å². The molecule has 0 spiro atoms.